The summed E-state index contributed by atoms with van der Waals surface area (Å²) in [5.41, 5.74) is 8.54. The van der Waals surface area contributed by atoms with E-state index in [2.05, 4.69) is 25.9 Å². The highest BCUT2D eigenvalue weighted by molar-refractivity contribution is 5.98. The molecule has 9 nitrogen and oxygen atoms in total. The number of hydrogen-bond acceptors (Lipinski definition) is 8. The van der Waals surface area contributed by atoms with E-state index in [1.165, 1.54) is 6.20 Å². The number of carbonyl (C=O) groups excluding carboxylic acids is 1. The third-order valence-electron chi connectivity index (χ3n) is 6.03. The first kappa shape index (κ1) is 21.2. The van der Waals surface area contributed by atoms with Gasteiger partial charge < -0.3 is 31.2 Å². The molecule has 1 atom stereocenters. The maximum atomic E-state index is 15.3. The van der Waals surface area contributed by atoms with Gasteiger partial charge >= 0.3 is 6.09 Å². The largest absolute Gasteiger partial charge is 0.474 e. The van der Waals surface area contributed by atoms with E-state index in [1.807, 2.05) is 6.92 Å². The molecular formula is C23H25FN6O3. The van der Waals surface area contributed by atoms with E-state index in [4.69, 9.17) is 15.2 Å². The van der Waals surface area contributed by atoms with E-state index < -0.39 is 11.9 Å². The van der Waals surface area contributed by atoms with Gasteiger partial charge in [0.2, 0.25) is 11.8 Å². The fourth-order valence-corrected chi connectivity index (χ4v) is 4.29. The highest BCUT2D eigenvalue weighted by atomic mass is 19.1. The minimum atomic E-state index is -0.577. The molecule has 2 aliphatic heterocycles. The highest BCUT2D eigenvalue weighted by Crippen LogP contribution is 2.39. The molecule has 2 aromatic heterocycles. The molecule has 0 bridgehead atoms. The summed E-state index contributed by atoms with van der Waals surface area (Å²) >= 11 is 0. The van der Waals surface area contributed by atoms with Crippen LogP contribution in [0, 0.1) is 12.7 Å². The number of piperidine rings is 1. The molecule has 10 heteroatoms. The van der Waals surface area contributed by atoms with Crippen molar-refractivity contribution in [3.05, 3.63) is 35.9 Å². The number of anilines is 2. The Morgan fingerprint density at radius 1 is 1.27 bits per heavy atom. The van der Waals surface area contributed by atoms with Crippen LogP contribution in [0.4, 0.5) is 20.6 Å². The summed E-state index contributed by atoms with van der Waals surface area (Å²) in [4.78, 5) is 20.8. The Balaban J connectivity index is 1.47. The SMILES string of the molecule is Cc1c(-c2cc3cc(OC(=O)N[C@@H]4CCCNC4)ncc3c(N)c2F)cnc2c1NCCO2. The van der Waals surface area contributed by atoms with Crippen molar-refractivity contribution in [3.8, 4) is 22.9 Å². The smallest absolute Gasteiger partial charge is 0.414 e. The molecule has 0 radical (unpaired) electrons. The van der Waals surface area contributed by atoms with Gasteiger partial charge in [0.1, 0.15) is 12.3 Å². The van der Waals surface area contributed by atoms with Gasteiger partial charge in [-0.05, 0) is 43.3 Å². The van der Waals surface area contributed by atoms with Crippen LogP contribution in [-0.2, 0) is 0 Å². The van der Waals surface area contributed by atoms with Crippen molar-refractivity contribution in [1.29, 1.82) is 0 Å². The summed E-state index contributed by atoms with van der Waals surface area (Å²) in [6.07, 6.45) is 4.29. The summed E-state index contributed by atoms with van der Waals surface area (Å²) in [5.74, 6) is 0.0499. The maximum absolute atomic E-state index is 15.3. The van der Waals surface area contributed by atoms with Crippen LogP contribution < -0.4 is 31.2 Å². The van der Waals surface area contributed by atoms with E-state index >= 15 is 4.39 Å². The molecular weight excluding hydrogens is 427 g/mol. The van der Waals surface area contributed by atoms with Crippen LogP contribution in [0.15, 0.2) is 24.5 Å². The number of pyridine rings is 2. The van der Waals surface area contributed by atoms with Crippen molar-refractivity contribution in [2.75, 3.05) is 37.3 Å². The van der Waals surface area contributed by atoms with Gasteiger partial charge in [-0.1, -0.05) is 0 Å². The fourth-order valence-electron chi connectivity index (χ4n) is 4.29. The zero-order valence-corrected chi connectivity index (χ0v) is 18.2. The van der Waals surface area contributed by atoms with Crippen LogP contribution in [-0.4, -0.2) is 48.3 Å². The number of rotatable bonds is 3. The Kier molecular flexibility index (Phi) is 5.59. The number of amides is 1. The first-order valence-electron chi connectivity index (χ1n) is 10.9. The van der Waals surface area contributed by atoms with Gasteiger partial charge in [0.05, 0.1) is 5.69 Å². The summed E-state index contributed by atoms with van der Waals surface area (Å²) < 4.78 is 26.2. The van der Waals surface area contributed by atoms with E-state index in [0.717, 1.165) is 30.6 Å². The van der Waals surface area contributed by atoms with Gasteiger partial charge in [-0.2, -0.15) is 0 Å². The van der Waals surface area contributed by atoms with E-state index in [-0.39, 0.29) is 17.6 Å². The Bertz CT molecular complexity index is 1230. The molecule has 1 amide bonds. The molecule has 0 unspecified atom stereocenters. The minimum Gasteiger partial charge on any atom is -0.474 e. The lowest BCUT2D eigenvalue weighted by Gasteiger charge is -2.23. The molecule has 33 heavy (non-hydrogen) atoms. The fraction of sp³-hybridized carbons (Fsp3) is 0.348. The van der Waals surface area contributed by atoms with Crippen molar-refractivity contribution in [1.82, 2.24) is 20.6 Å². The Labute approximate surface area is 189 Å². The summed E-state index contributed by atoms with van der Waals surface area (Å²) in [5, 5.41) is 10.4. The highest BCUT2D eigenvalue weighted by Gasteiger charge is 2.22. The van der Waals surface area contributed by atoms with Gasteiger partial charge in [-0.25, -0.2) is 19.2 Å². The topological polar surface area (TPSA) is 123 Å². The second-order valence-electron chi connectivity index (χ2n) is 8.22. The second-order valence-corrected chi connectivity index (χ2v) is 8.22. The predicted molar refractivity (Wildman–Crippen MR) is 123 cm³/mol. The molecule has 5 N–H and O–H groups in total. The van der Waals surface area contributed by atoms with Crippen molar-refractivity contribution < 1.29 is 18.7 Å². The number of halogens is 1. The second kappa shape index (κ2) is 8.70. The van der Waals surface area contributed by atoms with Crippen molar-refractivity contribution in [3.63, 3.8) is 0 Å². The summed E-state index contributed by atoms with van der Waals surface area (Å²) in [6, 6.07) is 3.26. The van der Waals surface area contributed by atoms with Gasteiger partial charge in [0.15, 0.2) is 5.82 Å². The molecule has 0 spiro atoms. The molecule has 4 heterocycles. The molecule has 172 valence electrons. The molecule has 1 fully saturated rings. The first-order valence-corrected chi connectivity index (χ1v) is 10.9. The average molecular weight is 452 g/mol. The van der Waals surface area contributed by atoms with Crippen LogP contribution in [0.3, 0.4) is 0 Å². The number of nitrogens with two attached hydrogens (primary N) is 1. The lowest BCUT2D eigenvalue weighted by molar-refractivity contribution is 0.191. The predicted octanol–water partition coefficient (Wildman–Crippen LogP) is 2.97. The van der Waals surface area contributed by atoms with Crippen LogP contribution in [0.2, 0.25) is 0 Å². The number of nitrogens with zero attached hydrogens (tertiary/aromatic N) is 2. The maximum Gasteiger partial charge on any atom is 0.414 e. The number of aromatic nitrogens is 2. The first-order chi connectivity index (χ1) is 16.0. The van der Waals surface area contributed by atoms with Crippen LogP contribution >= 0.6 is 0 Å². The van der Waals surface area contributed by atoms with E-state index in [9.17, 15) is 4.79 Å². The van der Waals surface area contributed by atoms with Crippen LogP contribution in [0.1, 0.15) is 18.4 Å². The minimum absolute atomic E-state index is 0.0140. The lowest BCUT2D eigenvalue weighted by atomic mass is 9.97. The number of carbonyl (C=O) groups is 1. The van der Waals surface area contributed by atoms with Gasteiger partial charge in [0.25, 0.3) is 0 Å². The monoisotopic (exact) mass is 452 g/mol. The van der Waals surface area contributed by atoms with E-state index in [1.54, 1.807) is 18.3 Å². The number of fused-ring (bicyclic) bond motifs is 2. The van der Waals surface area contributed by atoms with Crippen molar-refractivity contribution in [2.45, 2.75) is 25.8 Å². The standard InChI is InChI=1S/C23H25FN6O3/c1-12-16(10-29-22-21(12)27-5-6-32-22)15-7-13-8-18(28-11-17(13)20(25)19(15)24)33-23(31)30-14-3-2-4-26-9-14/h7-8,10-11,14,26-27H,2-6,9,25H2,1H3,(H,30,31)/t14-/m1/s1. The third-order valence-corrected chi connectivity index (χ3v) is 6.03. The third kappa shape index (κ3) is 4.09. The molecule has 0 saturated carbocycles. The molecule has 1 saturated heterocycles. The van der Waals surface area contributed by atoms with Gasteiger partial charge in [0, 0.05) is 54.1 Å². The zero-order valence-electron chi connectivity index (χ0n) is 18.2. The van der Waals surface area contributed by atoms with Gasteiger partial charge in [-0.3, -0.25) is 0 Å². The summed E-state index contributed by atoms with van der Waals surface area (Å²) in [6.45, 7) is 4.70. The molecule has 0 aliphatic carbocycles. The number of nitrogens with one attached hydrogen (secondary N) is 3. The average Bonchev–Trinajstić information content (AvgIpc) is 2.82. The lowest BCUT2D eigenvalue weighted by Crippen LogP contribution is -2.46. The number of benzene rings is 1. The molecule has 5 rings (SSSR count). The Morgan fingerprint density at radius 3 is 2.97 bits per heavy atom. The number of nitrogen functional groups attached to an aromatic ring is 1. The van der Waals surface area contributed by atoms with Crippen molar-refractivity contribution >= 4 is 28.2 Å². The van der Waals surface area contributed by atoms with Crippen LogP contribution in [0.5, 0.6) is 11.8 Å². The quantitative estimate of drug-likeness (QED) is 0.447. The summed E-state index contributed by atoms with van der Waals surface area (Å²) in [7, 11) is 0. The number of ether oxygens (including phenoxy) is 2. The van der Waals surface area contributed by atoms with Crippen LogP contribution in [0.25, 0.3) is 21.9 Å². The Hall–Kier alpha value is -3.66. The van der Waals surface area contributed by atoms with Crippen molar-refractivity contribution in [2.24, 2.45) is 0 Å². The Morgan fingerprint density at radius 2 is 2.15 bits per heavy atom. The molecule has 3 aromatic rings. The number of hydrogen-bond donors (Lipinski definition) is 4. The van der Waals surface area contributed by atoms with E-state index in [0.29, 0.717) is 47.5 Å². The van der Waals surface area contributed by atoms with Gasteiger partial charge in [-0.15, -0.1) is 0 Å². The molecule has 1 aromatic carbocycles. The normalized spacial score (nSPS) is 17.6. The molecule has 2 aliphatic rings. The zero-order chi connectivity index (χ0) is 22.9.